The molecule has 0 saturated heterocycles. The van der Waals surface area contributed by atoms with E-state index >= 15 is 0 Å². The summed E-state index contributed by atoms with van der Waals surface area (Å²) in [6.45, 7) is 7.14. The second-order valence-corrected chi connectivity index (χ2v) is 9.82. The Bertz CT molecular complexity index is 1260. The molecule has 0 radical (unpaired) electrons. The summed E-state index contributed by atoms with van der Waals surface area (Å²) >= 11 is 7.73. The van der Waals surface area contributed by atoms with Gasteiger partial charge in [0.2, 0.25) is 0 Å². The Kier molecular flexibility index (Phi) is 6.63. The molecule has 32 heavy (non-hydrogen) atoms. The summed E-state index contributed by atoms with van der Waals surface area (Å²) in [6, 6.07) is 22.2. The Hall–Kier alpha value is -2.69. The monoisotopic (exact) mass is 463 g/mol. The van der Waals surface area contributed by atoms with Crippen LogP contribution in [0.25, 0.3) is 10.9 Å². The molecule has 0 aliphatic carbocycles. The predicted molar refractivity (Wildman–Crippen MR) is 133 cm³/mol. The summed E-state index contributed by atoms with van der Waals surface area (Å²) in [7, 11) is 0. The van der Waals surface area contributed by atoms with Crippen LogP contribution < -0.4 is 0 Å². The quantitative estimate of drug-likeness (QED) is 0.307. The first-order valence-corrected chi connectivity index (χ1v) is 11.9. The molecule has 3 aromatic carbocycles. The summed E-state index contributed by atoms with van der Waals surface area (Å²) in [6.07, 6.45) is -0.0338. The third-order valence-corrected chi connectivity index (χ3v) is 7.15. The normalized spacial score (nSPS) is 11.4. The first-order valence-electron chi connectivity index (χ1n) is 10.7. The van der Waals surface area contributed by atoms with Crippen molar-refractivity contribution in [3.63, 3.8) is 0 Å². The number of rotatable bonds is 7. The third kappa shape index (κ3) is 4.57. The summed E-state index contributed by atoms with van der Waals surface area (Å²) in [4.78, 5) is 14.0. The smallest absolute Gasteiger partial charge is 0.309 e. The third-order valence-electron chi connectivity index (χ3n) is 5.75. The van der Waals surface area contributed by atoms with Gasteiger partial charge in [0.15, 0.2) is 0 Å². The molecular formula is C27H26ClNO2S. The highest BCUT2D eigenvalue weighted by atomic mass is 35.5. The molecule has 0 saturated carbocycles. The van der Waals surface area contributed by atoms with E-state index in [1.165, 1.54) is 11.1 Å². The highest BCUT2D eigenvalue weighted by Crippen LogP contribution is 2.42. The van der Waals surface area contributed by atoms with E-state index in [4.69, 9.17) is 11.6 Å². The second kappa shape index (κ2) is 9.43. The maximum atomic E-state index is 11.9. The van der Waals surface area contributed by atoms with Gasteiger partial charge in [0, 0.05) is 32.4 Å². The average Bonchev–Trinajstić information content (AvgIpc) is 3.03. The Morgan fingerprint density at radius 3 is 2.34 bits per heavy atom. The van der Waals surface area contributed by atoms with Crippen molar-refractivity contribution in [3.05, 3.63) is 94.1 Å². The number of carboxylic acid groups (broad SMARTS) is 1. The van der Waals surface area contributed by atoms with Crippen molar-refractivity contribution in [1.29, 1.82) is 0 Å². The Morgan fingerprint density at radius 1 is 1.03 bits per heavy atom. The number of benzene rings is 3. The van der Waals surface area contributed by atoms with Gasteiger partial charge in [-0.3, -0.25) is 4.79 Å². The van der Waals surface area contributed by atoms with Crippen molar-refractivity contribution < 1.29 is 9.90 Å². The van der Waals surface area contributed by atoms with Crippen LogP contribution in [-0.4, -0.2) is 15.6 Å². The molecule has 4 aromatic rings. The summed E-state index contributed by atoms with van der Waals surface area (Å²) < 4.78 is 2.16. The van der Waals surface area contributed by atoms with Crippen LogP contribution in [0.4, 0.5) is 0 Å². The van der Waals surface area contributed by atoms with E-state index in [0.717, 1.165) is 32.0 Å². The van der Waals surface area contributed by atoms with Gasteiger partial charge in [0.25, 0.3) is 0 Å². The number of carbonyl (C=O) groups is 1. The fourth-order valence-corrected chi connectivity index (χ4v) is 5.57. The number of hydrogen-bond acceptors (Lipinski definition) is 2. The zero-order valence-electron chi connectivity index (χ0n) is 18.4. The number of halogens is 1. The van der Waals surface area contributed by atoms with Gasteiger partial charge in [-0.1, -0.05) is 73.6 Å². The highest BCUT2D eigenvalue weighted by Gasteiger charge is 2.23. The number of fused-ring (bicyclic) bond motifs is 1. The van der Waals surface area contributed by atoms with Crippen molar-refractivity contribution in [2.75, 3.05) is 0 Å². The minimum absolute atomic E-state index is 0.0338. The fourth-order valence-electron chi connectivity index (χ4n) is 4.25. The Labute approximate surface area is 198 Å². The molecular weight excluding hydrogens is 438 g/mol. The van der Waals surface area contributed by atoms with Crippen LogP contribution in [0.1, 0.15) is 42.1 Å². The summed E-state index contributed by atoms with van der Waals surface area (Å²) in [5.74, 6) is -0.446. The zero-order valence-corrected chi connectivity index (χ0v) is 20.0. The summed E-state index contributed by atoms with van der Waals surface area (Å²) in [5.41, 5.74) is 5.49. The molecule has 0 aliphatic heterocycles. The van der Waals surface area contributed by atoms with E-state index in [1.807, 2.05) is 42.5 Å². The number of aryl methyl sites for hydroxylation is 1. The van der Waals surface area contributed by atoms with Crippen LogP contribution >= 0.6 is 23.4 Å². The van der Waals surface area contributed by atoms with Gasteiger partial charge in [-0.25, -0.2) is 0 Å². The molecule has 0 bridgehead atoms. The van der Waals surface area contributed by atoms with E-state index in [2.05, 4.69) is 49.6 Å². The number of aliphatic carboxylic acids is 1. The van der Waals surface area contributed by atoms with Gasteiger partial charge >= 0.3 is 5.97 Å². The Morgan fingerprint density at radius 2 is 1.72 bits per heavy atom. The van der Waals surface area contributed by atoms with Crippen molar-refractivity contribution in [3.8, 4) is 0 Å². The molecule has 0 atom stereocenters. The van der Waals surface area contributed by atoms with E-state index in [-0.39, 0.29) is 6.42 Å². The number of aromatic nitrogens is 1. The maximum absolute atomic E-state index is 11.9. The molecule has 1 heterocycles. The standard InChI is InChI=1S/C27H26ClNO2S/c1-17(2)22-13-14-23-26(18(22)3)27(32-21-7-5-4-6-8-21)24(15-25(30)31)29(23)16-19-9-11-20(28)12-10-19/h4-14,17H,15-16H2,1-3H3,(H,30,31). The molecule has 0 aliphatic rings. The molecule has 1 N–H and O–H groups in total. The number of nitrogens with zero attached hydrogens (tertiary/aromatic N) is 1. The number of carboxylic acids is 1. The number of hydrogen-bond donors (Lipinski definition) is 1. The van der Waals surface area contributed by atoms with Gasteiger partial charge in [0.1, 0.15) is 0 Å². The van der Waals surface area contributed by atoms with Gasteiger partial charge in [-0.15, -0.1) is 0 Å². The van der Waals surface area contributed by atoms with Gasteiger partial charge in [-0.05, 0) is 59.9 Å². The molecule has 0 unspecified atom stereocenters. The predicted octanol–water partition coefficient (Wildman–Crippen LogP) is 7.55. The van der Waals surface area contributed by atoms with Gasteiger partial charge < -0.3 is 9.67 Å². The second-order valence-electron chi connectivity index (χ2n) is 8.30. The van der Waals surface area contributed by atoms with Crippen LogP contribution in [0.5, 0.6) is 0 Å². The largest absolute Gasteiger partial charge is 0.481 e. The van der Waals surface area contributed by atoms with Crippen molar-refractivity contribution in [2.45, 2.75) is 49.4 Å². The highest BCUT2D eigenvalue weighted by molar-refractivity contribution is 7.99. The molecule has 3 nitrogen and oxygen atoms in total. The van der Waals surface area contributed by atoms with Gasteiger partial charge in [0.05, 0.1) is 11.9 Å². The first-order chi connectivity index (χ1) is 15.3. The average molecular weight is 464 g/mol. The van der Waals surface area contributed by atoms with Crippen LogP contribution in [0.3, 0.4) is 0 Å². The minimum atomic E-state index is -0.832. The van der Waals surface area contributed by atoms with E-state index in [0.29, 0.717) is 17.5 Å². The lowest BCUT2D eigenvalue weighted by Crippen LogP contribution is -2.10. The molecule has 0 spiro atoms. The Balaban J connectivity index is 1.98. The SMILES string of the molecule is Cc1c(C(C)C)ccc2c1c(Sc1ccccc1)c(CC(=O)O)n2Cc1ccc(Cl)cc1. The molecule has 1 aromatic heterocycles. The lowest BCUT2D eigenvalue weighted by Gasteiger charge is -2.13. The maximum Gasteiger partial charge on any atom is 0.309 e. The van der Waals surface area contributed by atoms with Crippen LogP contribution in [0.2, 0.25) is 5.02 Å². The van der Waals surface area contributed by atoms with E-state index in [9.17, 15) is 9.90 Å². The van der Waals surface area contributed by atoms with Crippen molar-refractivity contribution in [1.82, 2.24) is 4.57 Å². The van der Waals surface area contributed by atoms with E-state index < -0.39 is 5.97 Å². The van der Waals surface area contributed by atoms with Gasteiger partial charge in [-0.2, -0.15) is 0 Å². The van der Waals surface area contributed by atoms with Crippen LogP contribution in [-0.2, 0) is 17.8 Å². The molecule has 164 valence electrons. The minimum Gasteiger partial charge on any atom is -0.481 e. The first kappa shape index (κ1) is 22.5. The molecule has 0 amide bonds. The zero-order chi connectivity index (χ0) is 22.8. The van der Waals surface area contributed by atoms with Crippen molar-refractivity contribution in [2.24, 2.45) is 0 Å². The van der Waals surface area contributed by atoms with Crippen molar-refractivity contribution >= 4 is 40.2 Å². The molecule has 5 heteroatoms. The molecule has 4 rings (SSSR count). The van der Waals surface area contributed by atoms with Crippen LogP contribution in [0.15, 0.2) is 76.5 Å². The lowest BCUT2D eigenvalue weighted by molar-refractivity contribution is -0.136. The fraction of sp³-hybridized carbons (Fsp3) is 0.222. The summed E-state index contributed by atoms with van der Waals surface area (Å²) in [5, 5.41) is 11.6. The van der Waals surface area contributed by atoms with Crippen LogP contribution in [0, 0.1) is 6.92 Å². The lowest BCUT2D eigenvalue weighted by atomic mass is 9.95. The molecule has 0 fully saturated rings. The topological polar surface area (TPSA) is 42.2 Å². The van der Waals surface area contributed by atoms with E-state index in [1.54, 1.807) is 11.8 Å².